The topological polar surface area (TPSA) is 79.2 Å². The molecular formula is C15H18N2O3. The summed E-state index contributed by atoms with van der Waals surface area (Å²) in [6.07, 6.45) is 0. The number of nitrogens with one attached hydrogen (secondary N) is 1. The normalized spacial score (nSPS) is 13.2. The number of nitrogens with zero attached hydrogens (tertiary/aromatic N) is 1. The number of hydrogen-bond donors (Lipinski definition) is 1. The van der Waals surface area contributed by atoms with E-state index in [1.54, 1.807) is 37.3 Å². The van der Waals surface area contributed by atoms with Gasteiger partial charge in [0, 0.05) is 0 Å². The summed E-state index contributed by atoms with van der Waals surface area (Å²) in [5.41, 5.74) is -0.594. The van der Waals surface area contributed by atoms with Crippen molar-refractivity contribution in [3.05, 3.63) is 35.9 Å². The lowest BCUT2D eigenvalue weighted by molar-refractivity contribution is -0.125. The standard InChI is InChI=1S/C15H18N2O3/c1-11(2)15(3,10-16)17-13(18)9-20-14(19)12-7-5-4-6-8-12/h4-8,11H,9H2,1-3H3,(H,17,18)/t15-/m1/s1. The number of esters is 1. The highest BCUT2D eigenvalue weighted by molar-refractivity contribution is 5.91. The van der Waals surface area contributed by atoms with E-state index in [-0.39, 0.29) is 5.92 Å². The lowest BCUT2D eigenvalue weighted by Gasteiger charge is -2.27. The molecule has 5 nitrogen and oxygen atoms in total. The molecule has 0 bridgehead atoms. The van der Waals surface area contributed by atoms with E-state index < -0.39 is 24.0 Å². The Hall–Kier alpha value is -2.35. The number of benzene rings is 1. The second-order valence-corrected chi connectivity index (χ2v) is 4.96. The zero-order valence-corrected chi connectivity index (χ0v) is 11.8. The van der Waals surface area contributed by atoms with Crippen LogP contribution in [0, 0.1) is 17.2 Å². The lowest BCUT2D eigenvalue weighted by atomic mass is 9.90. The summed E-state index contributed by atoms with van der Waals surface area (Å²) in [6.45, 7) is 4.89. The fourth-order valence-corrected chi connectivity index (χ4v) is 1.42. The predicted octanol–water partition coefficient (Wildman–Crippen LogP) is 1.90. The van der Waals surface area contributed by atoms with E-state index in [1.807, 2.05) is 13.8 Å². The van der Waals surface area contributed by atoms with Crippen LogP contribution in [0.25, 0.3) is 0 Å². The fraction of sp³-hybridized carbons (Fsp3) is 0.400. The van der Waals surface area contributed by atoms with Gasteiger partial charge in [0.2, 0.25) is 0 Å². The van der Waals surface area contributed by atoms with Gasteiger partial charge in [-0.25, -0.2) is 4.79 Å². The third-order valence-corrected chi connectivity index (χ3v) is 3.13. The highest BCUT2D eigenvalue weighted by Crippen LogP contribution is 2.14. The molecule has 0 aliphatic carbocycles. The van der Waals surface area contributed by atoms with Gasteiger partial charge in [-0.3, -0.25) is 4.79 Å². The van der Waals surface area contributed by atoms with E-state index in [0.29, 0.717) is 5.56 Å². The van der Waals surface area contributed by atoms with E-state index >= 15 is 0 Å². The van der Waals surface area contributed by atoms with Gasteiger partial charge in [-0.1, -0.05) is 32.0 Å². The van der Waals surface area contributed by atoms with Gasteiger partial charge < -0.3 is 10.1 Å². The Balaban J connectivity index is 2.53. The highest BCUT2D eigenvalue weighted by atomic mass is 16.5. The van der Waals surface area contributed by atoms with Crippen LogP contribution < -0.4 is 5.32 Å². The van der Waals surface area contributed by atoms with Crippen molar-refractivity contribution in [3.63, 3.8) is 0 Å². The number of rotatable bonds is 5. The second-order valence-electron chi connectivity index (χ2n) is 4.96. The largest absolute Gasteiger partial charge is 0.452 e. The molecule has 0 radical (unpaired) electrons. The Morgan fingerprint density at radius 1 is 1.35 bits per heavy atom. The van der Waals surface area contributed by atoms with Crippen LogP contribution in [0.2, 0.25) is 0 Å². The Kier molecular flexibility index (Phi) is 5.27. The molecule has 0 aromatic heterocycles. The van der Waals surface area contributed by atoms with Crippen LogP contribution in [0.5, 0.6) is 0 Å². The molecule has 5 heteroatoms. The molecule has 0 heterocycles. The first-order chi connectivity index (χ1) is 9.39. The molecule has 1 atom stereocenters. The molecule has 0 unspecified atom stereocenters. The first-order valence-electron chi connectivity index (χ1n) is 6.33. The minimum atomic E-state index is -0.976. The molecule has 0 saturated carbocycles. The summed E-state index contributed by atoms with van der Waals surface area (Å²) in [4.78, 5) is 23.4. The smallest absolute Gasteiger partial charge is 0.338 e. The average Bonchev–Trinajstić information content (AvgIpc) is 2.45. The first-order valence-corrected chi connectivity index (χ1v) is 6.33. The molecule has 0 aliphatic rings. The fourth-order valence-electron chi connectivity index (χ4n) is 1.42. The van der Waals surface area contributed by atoms with E-state index in [4.69, 9.17) is 10.00 Å². The average molecular weight is 274 g/mol. The van der Waals surface area contributed by atoms with Crippen molar-refractivity contribution in [1.29, 1.82) is 5.26 Å². The predicted molar refractivity (Wildman–Crippen MR) is 73.7 cm³/mol. The van der Waals surface area contributed by atoms with E-state index in [9.17, 15) is 9.59 Å². The third-order valence-electron chi connectivity index (χ3n) is 3.13. The summed E-state index contributed by atoms with van der Waals surface area (Å²) in [6, 6.07) is 10.5. The van der Waals surface area contributed by atoms with Crippen molar-refractivity contribution >= 4 is 11.9 Å². The van der Waals surface area contributed by atoms with Gasteiger partial charge in [0.15, 0.2) is 6.61 Å². The number of carbonyl (C=O) groups is 2. The third kappa shape index (κ3) is 4.09. The Labute approximate surface area is 118 Å². The van der Waals surface area contributed by atoms with Crippen molar-refractivity contribution in [3.8, 4) is 6.07 Å². The molecule has 1 aromatic carbocycles. The van der Waals surface area contributed by atoms with Gasteiger partial charge in [-0.15, -0.1) is 0 Å². The quantitative estimate of drug-likeness (QED) is 0.832. The molecule has 0 aliphatic heterocycles. The summed E-state index contributed by atoms with van der Waals surface area (Å²) >= 11 is 0. The summed E-state index contributed by atoms with van der Waals surface area (Å²) in [5.74, 6) is -1.11. The van der Waals surface area contributed by atoms with Crippen molar-refractivity contribution in [2.24, 2.45) is 5.92 Å². The van der Waals surface area contributed by atoms with Gasteiger partial charge >= 0.3 is 5.97 Å². The molecule has 1 rings (SSSR count). The van der Waals surface area contributed by atoms with E-state index in [1.165, 1.54) is 0 Å². The van der Waals surface area contributed by atoms with Crippen molar-refractivity contribution < 1.29 is 14.3 Å². The van der Waals surface area contributed by atoms with Crippen LogP contribution in [-0.4, -0.2) is 24.0 Å². The van der Waals surface area contributed by atoms with Gasteiger partial charge in [0.05, 0.1) is 11.6 Å². The van der Waals surface area contributed by atoms with Crippen LogP contribution in [0.1, 0.15) is 31.1 Å². The summed E-state index contributed by atoms with van der Waals surface area (Å²) in [7, 11) is 0. The molecule has 1 aromatic rings. The zero-order chi connectivity index (χ0) is 15.2. The van der Waals surface area contributed by atoms with Gasteiger partial charge in [-0.2, -0.15) is 5.26 Å². The van der Waals surface area contributed by atoms with Gasteiger partial charge in [0.1, 0.15) is 5.54 Å². The molecule has 1 N–H and O–H groups in total. The Morgan fingerprint density at radius 3 is 2.45 bits per heavy atom. The maximum absolute atomic E-state index is 11.7. The van der Waals surface area contributed by atoms with E-state index in [0.717, 1.165) is 0 Å². The molecule has 0 saturated heterocycles. The van der Waals surface area contributed by atoms with Crippen LogP contribution in [0.15, 0.2) is 30.3 Å². The summed E-state index contributed by atoms with van der Waals surface area (Å²) in [5, 5.41) is 11.7. The van der Waals surface area contributed by atoms with Crippen LogP contribution in [0.4, 0.5) is 0 Å². The highest BCUT2D eigenvalue weighted by Gasteiger charge is 2.30. The molecule has 1 amide bonds. The molecule has 20 heavy (non-hydrogen) atoms. The second kappa shape index (κ2) is 6.71. The van der Waals surface area contributed by atoms with Crippen LogP contribution >= 0.6 is 0 Å². The van der Waals surface area contributed by atoms with Crippen molar-refractivity contribution in [1.82, 2.24) is 5.32 Å². The number of carbonyl (C=O) groups excluding carboxylic acids is 2. The van der Waals surface area contributed by atoms with Crippen molar-refractivity contribution in [2.45, 2.75) is 26.3 Å². The Bertz CT molecular complexity index is 520. The Morgan fingerprint density at radius 2 is 1.95 bits per heavy atom. The maximum atomic E-state index is 11.7. The molecule has 0 spiro atoms. The van der Waals surface area contributed by atoms with Crippen molar-refractivity contribution in [2.75, 3.05) is 6.61 Å². The van der Waals surface area contributed by atoms with Gasteiger partial charge in [-0.05, 0) is 25.0 Å². The zero-order valence-electron chi connectivity index (χ0n) is 11.8. The first kappa shape index (κ1) is 15.7. The van der Waals surface area contributed by atoms with Gasteiger partial charge in [0.25, 0.3) is 5.91 Å². The number of ether oxygens (including phenoxy) is 1. The SMILES string of the molecule is CC(C)[C@@](C)(C#N)NC(=O)COC(=O)c1ccccc1. The number of nitriles is 1. The number of hydrogen-bond acceptors (Lipinski definition) is 4. The lowest BCUT2D eigenvalue weighted by Crippen LogP contribution is -2.50. The van der Waals surface area contributed by atoms with Crippen LogP contribution in [-0.2, 0) is 9.53 Å². The maximum Gasteiger partial charge on any atom is 0.338 e. The molecule has 0 fully saturated rings. The molecule has 106 valence electrons. The minimum absolute atomic E-state index is 0.0544. The number of amides is 1. The molecular weight excluding hydrogens is 256 g/mol. The monoisotopic (exact) mass is 274 g/mol. The van der Waals surface area contributed by atoms with Crippen LogP contribution in [0.3, 0.4) is 0 Å². The minimum Gasteiger partial charge on any atom is -0.452 e. The summed E-state index contributed by atoms with van der Waals surface area (Å²) < 4.78 is 4.90. The van der Waals surface area contributed by atoms with E-state index in [2.05, 4.69) is 11.4 Å².